The molecule has 3 aromatic rings. The third-order valence-electron chi connectivity index (χ3n) is 5.64. The van der Waals surface area contributed by atoms with Gasteiger partial charge in [-0.1, -0.05) is 24.3 Å². The van der Waals surface area contributed by atoms with Gasteiger partial charge in [0.25, 0.3) is 5.91 Å². The molecular weight excluding hydrogens is 450 g/mol. The number of rotatable bonds is 12. The SMILES string of the molecule is NC(=O)CCCC(=O)OCc1ccc(C2C(Oc3ccccc3)C(=O)N2CCc2ccccn2)o1. The first-order valence-corrected chi connectivity index (χ1v) is 11.5. The molecule has 2 aromatic heterocycles. The topological polar surface area (TPSA) is 125 Å². The van der Waals surface area contributed by atoms with Crippen molar-refractivity contribution in [3.05, 3.63) is 84.1 Å². The molecule has 9 nitrogen and oxygen atoms in total. The van der Waals surface area contributed by atoms with Crippen molar-refractivity contribution in [1.82, 2.24) is 9.88 Å². The Morgan fingerprint density at radius 1 is 1.03 bits per heavy atom. The zero-order valence-corrected chi connectivity index (χ0v) is 19.2. The summed E-state index contributed by atoms with van der Waals surface area (Å²) in [4.78, 5) is 41.7. The van der Waals surface area contributed by atoms with Crippen molar-refractivity contribution >= 4 is 17.8 Å². The van der Waals surface area contributed by atoms with Crippen LogP contribution in [0.25, 0.3) is 0 Å². The summed E-state index contributed by atoms with van der Waals surface area (Å²) in [5, 5.41) is 0. The maximum atomic E-state index is 13.0. The van der Waals surface area contributed by atoms with Crippen molar-refractivity contribution in [2.75, 3.05) is 6.54 Å². The lowest BCUT2D eigenvalue weighted by Gasteiger charge is -2.45. The van der Waals surface area contributed by atoms with E-state index in [2.05, 4.69) is 4.98 Å². The van der Waals surface area contributed by atoms with E-state index in [1.165, 1.54) is 0 Å². The molecule has 182 valence electrons. The molecule has 3 heterocycles. The summed E-state index contributed by atoms with van der Waals surface area (Å²) in [5.74, 6) is 0.566. The number of esters is 1. The molecule has 0 saturated carbocycles. The Labute approximate surface area is 202 Å². The average molecular weight is 478 g/mol. The molecule has 2 amide bonds. The Bertz CT molecular complexity index is 1150. The molecule has 1 aromatic carbocycles. The lowest BCUT2D eigenvalue weighted by Crippen LogP contribution is -2.61. The molecule has 1 aliphatic rings. The number of ether oxygens (including phenoxy) is 2. The summed E-state index contributed by atoms with van der Waals surface area (Å²) >= 11 is 0. The van der Waals surface area contributed by atoms with Crippen LogP contribution < -0.4 is 10.5 Å². The second-order valence-corrected chi connectivity index (χ2v) is 8.18. The molecule has 0 aliphatic carbocycles. The predicted octanol–water partition coefficient (Wildman–Crippen LogP) is 2.95. The number of hydrogen-bond acceptors (Lipinski definition) is 7. The zero-order chi connectivity index (χ0) is 24.6. The van der Waals surface area contributed by atoms with Gasteiger partial charge >= 0.3 is 5.97 Å². The number of carbonyl (C=O) groups is 3. The summed E-state index contributed by atoms with van der Waals surface area (Å²) in [7, 11) is 0. The zero-order valence-electron chi connectivity index (χ0n) is 19.2. The third-order valence-corrected chi connectivity index (χ3v) is 5.64. The number of furan rings is 1. The molecular formula is C26H27N3O6. The summed E-state index contributed by atoms with van der Waals surface area (Å²) < 4.78 is 17.2. The van der Waals surface area contributed by atoms with E-state index in [4.69, 9.17) is 19.6 Å². The Kier molecular flexibility index (Phi) is 7.77. The van der Waals surface area contributed by atoms with E-state index in [0.717, 1.165) is 5.69 Å². The van der Waals surface area contributed by atoms with Crippen molar-refractivity contribution in [2.24, 2.45) is 5.73 Å². The van der Waals surface area contributed by atoms with E-state index in [0.29, 0.717) is 36.7 Å². The van der Waals surface area contributed by atoms with Crippen LogP contribution in [0.2, 0.25) is 0 Å². The molecule has 1 saturated heterocycles. The van der Waals surface area contributed by atoms with Gasteiger partial charge in [0.1, 0.15) is 29.9 Å². The van der Waals surface area contributed by atoms with Gasteiger partial charge in [-0.05, 0) is 42.8 Å². The van der Waals surface area contributed by atoms with Gasteiger partial charge in [0.15, 0.2) is 0 Å². The number of pyridine rings is 1. The van der Waals surface area contributed by atoms with Crippen LogP contribution in [0.4, 0.5) is 0 Å². The highest BCUT2D eigenvalue weighted by molar-refractivity contribution is 5.89. The van der Waals surface area contributed by atoms with E-state index >= 15 is 0 Å². The van der Waals surface area contributed by atoms with Crippen LogP contribution in [0.1, 0.15) is 42.5 Å². The Hall–Kier alpha value is -4.14. The molecule has 1 fully saturated rings. The van der Waals surface area contributed by atoms with Crippen LogP contribution in [0.3, 0.4) is 0 Å². The van der Waals surface area contributed by atoms with Gasteiger partial charge in [-0.25, -0.2) is 0 Å². The lowest BCUT2D eigenvalue weighted by atomic mass is 9.94. The van der Waals surface area contributed by atoms with Crippen molar-refractivity contribution in [2.45, 2.75) is 44.4 Å². The molecule has 0 radical (unpaired) electrons. The third kappa shape index (κ3) is 6.26. The number of nitrogens with two attached hydrogens (primary N) is 1. The number of hydrogen-bond donors (Lipinski definition) is 1. The molecule has 4 rings (SSSR count). The largest absolute Gasteiger partial charge is 0.478 e. The fraction of sp³-hybridized carbons (Fsp3) is 0.308. The minimum Gasteiger partial charge on any atom is -0.478 e. The van der Waals surface area contributed by atoms with E-state index < -0.39 is 24.0 Å². The Morgan fingerprint density at radius 2 is 1.83 bits per heavy atom. The number of para-hydroxylation sites is 1. The van der Waals surface area contributed by atoms with Crippen LogP contribution in [0, 0.1) is 0 Å². The van der Waals surface area contributed by atoms with Gasteiger partial charge in [-0.3, -0.25) is 19.4 Å². The van der Waals surface area contributed by atoms with Crippen molar-refractivity contribution in [1.29, 1.82) is 0 Å². The molecule has 2 N–H and O–H groups in total. The number of carbonyl (C=O) groups excluding carboxylic acids is 3. The maximum Gasteiger partial charge on any atom is 0.306 e. The first kappa shape index (κ1) is 24.0. The van der Waals surface area contributed by atoms with Crippen LogP contribution >= 0.6 is 0 Å². The molecule has 2 unspecified atom stereocenters. The van der Waals surface area contributed by atoms with Gasteiger partial charge < -0.3 is 24.5 Å². The number of amides is 2. The highest BCUT2D eigenvalue weighted by Gasteiger charge is 2.51. The fourth-order valence-corrected chi connectivity index (χ4v) is 3.87. The highest BCUT2D eigenvalue weighted by atomic mass is 16.5. The molecule has 9 heteroatoms. The number of primary amides is 1. The normalized spacial score (nSPS) is 17.0. The number of aromatic nitrogens is 1. The van der Waals surface area contributed by atoms with E-state index in [1.807, 2.05) is 36.4 Å². The van der Waals surface area contributed by atoms with E-state index in [1.54, 1.807) is 35.4 Å². The first-order chi connectivity index (χ1) is 17.0. The Balaban J connectivity index is 1.41. The second-order valence-electron chi connectivity index (χ2n) is 8.18. The smallest absolute Gasteiger partial charge is 0.306 e. The second kappa shape index (κ2) is 11.3. The fourth-order valence-electron chi connectivity index (χ4n) is 3.87. The van der Waals surface area contributed by atoms with E-state index in [-0.39, 0.29) is 25.4 Å². The number of β-lactam (4-membered cyclic amide) rings is 1. The molecule has 0 bridgehead atoms. The van der Waals surface area contributed by atoms with Gasteiger partial charge in [0, 0.05) is 37.7 Å². The maximum absolute atomic E-state index is 13.0. The summed E-state index contributed by atoms with van der Waals surface area (Å²) in [5.41, 5.74) is 5.97. The lowest BCUT2D eigenvalue weighted by molar-refractivity contribution is -0.165. The number of nitrogens with zero attached hydrogens (tertiary/aromatic N) is 2. The van der Waals surface area contributed by atoms with Crippen LogP contribution in [-0.4, -0.2) is 40.3 Å². The Morgan fingerprint density at radius 3 is 2.57 bits per heavy atom. The van der Waals surface area contributed by atoms with E-state index in [9.17, 15) is 14.4 Å². The highest BCUT2D eigenvalue weighted by Crippen LogP contribution is 2.38. The molecule has 2 atom stereocenters. The monoisotopic (exact) mass is 477 g/mol. The van der Waals surface area contributed by atoms with Gasteiger partial charge in [-0.15, -0.1) is 0 Å². The first-order valence-electron chi connectivity index (χ1n) is 11.5. The van der Waals surface area contributed by atoms with Crippen molar-refractivity contribution in [3.63, 3.8) is 0 Å². The quantitative estimate of drug-likeness (QED) is 0.314. The molecule has 1 aliphatic heterocycles. The number of benzene rings is 1. The average Bonchev–Trinajstić information content (AvgIpc) is 3.33. The van der Waals surface area contributed by atoms with Crippen molar-refractivity contribution in [3.8, 4) is 5.75 Å². The van der Waals surface area contributed by atoms with Gasteiger partial charge in [0.05, 0.1) is 0 Å². The summed E-state index contributed by atoms with van der Waals surface area (Å²) in [6.07, 6.45) is 2.16. The summed E-state index contributed by atoms with van der Waals surface area (Å²) in [6, 6.07) is 17.9. The molecule has 0 spiro atoms. The molecule has 35 heavy (non-hydrogen) atoms. The summed E-state index contributed by atoms with van der Waals surface area (Å²) in [6.45, 7) is 0.411. The predicted molar refractivity (Wildman–Crippen MR) is 125 cm³/mol. The van der Waals surface area contributed by atoms with Crippen LogP contribution in [0.5, 0.6) is 5.75 Å². The minimum atomic E-state index is -0.725. The standard InChI is InChI=1S/C26H27N3O6/c27-22(30)10-6-11-23(31)33-17-20-12-13-21(34-20)24-25(35-19-8-2-1-3-9-19)26(32)29(24)16-14-18-7-4-5-15-28-18/h1-5,7-9,12-13,15,24-25H,6,10-11,14,16-17H2,(H2,27,30). The minimum absolute atomic E-state index is 0.0474. The van der Waals surface area contributed by atoms with Crippen molar-refractivity contribution < 1.29 is 28.3 Å². The van der Waals surface area contributed by atoms with Gasteiger partial charge in [0.2, 0.25) is 12.0 Å². The van der Waals surface area contributed by atoms with Crippen LogP contribution in [-0.2, 0) is 32.1 Å². The van der Waals surface area contributed by atoms with Gasteiger partial charge in [-0.2, -0.15) is 0 Å². The van der Waals surface area contributed by atoms with Crippen LogP contribution in [0.15, 0.2) is 71.3 Å². The number of likely N-dealkylation sites (tertiary alicyclic amines) is 1.